The summed E-state index contributed by atoms with van der Waals surface area (Å²) in [6.45, 7) is 3.93. The number of fused-ring (bicyclic) bond motifs is 1. The number of furan rings is 1. The number of carbonyl (C=O) groups is 2. The van der Waals surface area contributed by atoms with E-state index in [0.29, 0.717) is 61.9 Å². The minimum atomic E-state index is -0.484. The lowest BCUT2D eigenvalue weighted by molar-refractivity contribution is -0.384. The van der Waals surface area contributed by atoms with E-state index < -0.39 is 4.92 Å². The second-order valence-corrected chi connectivity index (χ2v) is 7.81. The molecule has 0 unspecified atom stereocenters. The van der Waals surface area contributed by atoms with Crippen LogP contribution in [0.4, 0.5) is 5.69 Å². The average molecular weight is 440 g/mol. The number of hydrazone groups is 1. The highest BCUT2D eigenvalue weighted by molar-refractivity contribution is 6.06. The van der Waals surface area contributed by atoms with Crippen LogP contribution in [0.5, 0.6) is 0 Å². The van der Waals surface area contributed by atoms with E-state index in [9.17, 15) is 19.7 Å². The molecular formula is C22H24N4O6. The van der Waals surface area contributed by atoms with Gasteiger partial charge in [0.1, 0.15) is 5.76 Å². The molecule has 1 aromatic carbocycles. The number of hydrogen-bond donors (Lipinski definition) is 1. The first-order valence-corrected chi connectivity index (χ1v) is 10.5. The van der Waals surface area contributed by atoms with Crippen molar-refractivity contribution in [3.05, 3.63) is 62.6 Å². The Kier molecular flexibility index (Phi) is 6.31. The molecule has 0 bridgehead atoms. The fourth-order valence-corrected chi connectivity index (χ4v) is 3.98. The average Bonchev–Trinajstić information content (AvgIpc) is 3.15. The molecule has 168 valence electrons. The molecule has 2 aromatic rings. The van der Waals surface area contributed by atoms with Gasteiger partial charge < -0.3 is 14.1 Å². The van der Waals surface area contributed by atoms with Crippen LogP contribution in [0.25, 0.3) is 0 Å². The number of nitro benzene ring substituents is 1. The van der Waals surface area contributed by atoms with E-state index in [1.54, 1.807) is 17.0 Å². The van der Waals surface area contributed by atoms with Crippen LogP contribution in [0, 0.1) is 17.0 Å². The number of non-ortho nitro benzene ring substituents is 1. The van der Waals surface area contributed by atoms with Crippen LogP contribution in [0.2, 0.25) is 0 Å². The summed E-state index contributed by atoms with van der Waals surface area (Å²) in [6.07, 6.45) is 2.23. The Hall–Kier alpha value is -3.53. The van der Waals surface area contributed by atoms with Crippen LogP contribution in [-0.4, -0.2) is 53.7 Å². The lowest BCUT2D eigenvalue weighted by atomic mass is 9.93. The SMILES string of the molecule is Cc1c(C(=O)N2CCOCC2)oc2c1/C(=N/NC(=O)Cc1ccc([N+](=O)[O-])cc1)CCC2. The van der Waals surface area contributed by atoms with E-state index >= 15 is 0 Å². The Balaban J connectivity index is 1.47. The van der Waals surface area contributed by atoms with Gasteiger partial charge in [-0.05, 0) is 25.3 Å². The van der Waals surface area contributed by atoms with Crippen molar-refractivity contribution >= 4 is 23.2 Å². The molecule has 2 amide bonds. The van der Waals surface area contributed by atoms with Crippen molar-refractivity contribution in [3.8, 4) is 0 Å². The highest BCUT2D eigenvalue weighted by atomic mass is 16.6. The van der Waals surface area contributed by atoms with Crippen molar-refractivity contribution in [3.63, 3.8) is 0 Å². The molecule has 2 heterocycles. The Morgan fingerprint density at radius 1 is 1.19 bits per heavy atom. The van der Waals surface area contributed by atoms with Crippen LogP contribution in [0.1, 0.15) is 45.8 Å². The Bertz CT molecular complexity index is 1070. The lowest BCUT2D eigenvalue weighted by Crippen LogP contribution is -2.40. The number of morpholine rings is 1. The summed E-state index contributed by atoms with van der Waals surface area (Å²) in [6, 6.07) is 5.83. The summed E-state index contributed by atoms with van der Waals surface area (Å²) >= 11 is 0. The molecule has 32 heavy (non-hydrogen) atoms. The summed E-state index contributed by atoms with van der Waals surface area (Å²) in [5.74, 6) is 0.559. The quantitative estimate of drug-likeness (QED) is 0.562. The minimum Gasteiger partial charge on any atom is -0.455 e. The number of rotatable bonds is 5. The number of carbonyl (C=O) groups excluding carboxylic acids is 2. The first kappa shape index (κ1) is 21.7. The van der Waals surface area contributed by atoms with Crippen molar-refractivity contribution in [2.24, 2.45) is 5.10 Å². The number of nitrogens with one attached hydrogen (secondary N) is 1. The van der Waals surface area contributed by atoms with Gasteiger partial charge in [-0.3, -0.25) is 19.7 Å². The van der Waals surface area contributed by atoms with Gasteiger partial charge in [0.25, 0.3) is 11.6 Å². The lowest BCUT2D eigenvalue weighted by Gasteiger charge is -2.26. The van der Waals surface area contributed by atoms with Gasteiger partial charge in [0.05, 0.1) is 30.3 Å². The third-order valence-electron chi connectivity index (χ3n) is 5.65. The zero-order valence-electron chi connectivity index (χ0n) is 17.8. The maximum absolute atomic E-state index is 12.9. The molecule has 1 aliphatic carbocycles. The van der Waals surface area contributed by atoms with Crippen molar-refractivity contribution < 1.29 is 23.7 Å². The fraction of sp³-hybridized carbons (Fsp3) is 0.409. The summed E-state index contributed by atoms with van der Waals surface area (Å²) < 4.78 is 11.2. The van der Waals surface area contributed by atoms with Crippen molar-refractivity contribution in [1.29, 1.82) is 0 Å². The highest BCUT2D eigenvalue weighted by Gasteiger charge is 2.30. The molecular weight excluding hydrogens is 416 g/mol. The molecule has 0 atom stereocenters. The predicted molar refractivity (Wildman–Crippen MR) is 115 cm³/mol. The topological polar surface area (TPSA) is 127 Å². The van der Waals surface area contributed by atoms with E-state index in [-0.39, 0.29) is 23.9 Å². The van der Waals surface area contributed by atoms with Gasteiger partial charge in [0, 0.05) is 42.8 Å². The predicted octanol–water partition coefficient (Wildman–Crippen LogP) is 2.37. The molecule has 1 fully saturated rings. The van der Waals surface area contributed by atoms with Crippen LogP contribution in [0.3, 0.4) is 0 Å². The molecule has 10 heteroatoms. The smallest absolute Gasteiger partial charge is 0.290 e. The normalized spacial score (nSPS) is 17.2. The number of nitro groups is 1. The molecule has 4 rings (SSSR count). The molecule has 10 nitrogen and oxygen atoms in total. The van der Waals surface area contributed by atoms with E-state index in [2.05, 4.69) is 10.5 Å². The third-order valence-corrected chi connectivity index (χ3v) is 5.65. The van der Waals surface area contributed by atoms with E-state index in [0.717, 1.165) is 17.5 Å². The molecule has 1 N–H and O–H groups in total. The van der Waals surface area contributed by atoms with Gasteiger partial charge >= 0.3 is 0 Å². The van der Waals surface area contributed by atoms with Crippen molar-refractivity contribution in [2.45, 2.75) is 32.6 Å². The molecule has 2 aliphatic rings. The number of ether oxygens (including phenoxy) is 1. The van der Waals surface area contributed by atoms with E-state index in [1.165, 1.54) is 12.1 Å². The van der Waals surface area contributed by atoms with Crippen LogP contribution >= 0.6 is 0 Å². The molecule has 0 radical (unpaired) electrons. The highest BCUT2D eigenvalue weighted by Crippen LogP contribution is 2.30. The monoisotopic (exact) mass is 440 g/mol. The number of hydrogen-bond acceptors (Lipinski definition) is 7. The second kappa shape index (κ2) is 9.31. The van der Waals surface area contributed by atoms with Crippen molar-refractivity contribution in [2.75, 3.05) is 26.3 Å². The van der Waals surface area contributed by atoms with Gasteiger partial charge in [0.2, 0.25) is 5.91 Å². The molecule has 1 aromatic heterocycles. The van der Waals surface area contributed by atoms with Gasteiger partial charge in [0.15, 0.2) is 5.76 Å². The summed E-state index contributed by atoms with van der Waals surface area (Å²) in [5.41, 5.74) is 5.41. The van der Waals surface area contributed by atoms with Crippen LogP contribution in [-0.2, 0) is 22.4 Å². The number of benzene rings is 1. The molecule has 1 aliphatic heterocycles. The van der Waals surface area contributed by atoms with Crippen LogP contribution < -0.4 is 5.43 Å². The van der Waals surface area contributed by atoms with Crippen molar-refractivity contribution in [1.82, 2.24) is 10.3 Å². The number of amides is 2. The van der Waals surface area contributed by atoms with Crippen LogP contribution in [0.15, 0.2) is 33.8 Å². The third kappa shape index (κ3) is 4.54. The zero-order valence-corrected chi connectivity index (χ0v) is 17.8. The summed E-state index contributed by atoms with van der Waals surface area (Å²) in [7, 11) is 0. The van der Waals surface area contributed by atoms with E-state index in [1.807, 2.05) is 6.92 Å². The Labute approximate surface area is 184 Å². The molecule has 0 saturated carbocycles. The van der Waals surface area contributed by atoms with E-state index in [4.69, 9.17) is 9.15 Å². The van der Waals surface area contributed by atoms with Gasteiger partial charge in [-0.25, -0.2) is 5.43 Å². The fourth-order valence-electron chi connectivity index (χ4n) is 3.98. The van der Waals surface area contributed by atoms with Gasteiger partial charge in [-0.2, -0.15) is 5.10 Å². The summed E-state index contributed by atoms with van der Waals surface area (Å²) in [4.78, 5) is 37.2. The minimum absolute atomic E-state index is 0.0259. The maximum atomic E-state index is 12.9. The largest absolute Gasteiger partial charge is 0.455 e. The molecule has 0 spiro atoms. The van der Waals surface area contributed by atoms with Gasteiger partial charge in [-0.15, -0.1) is 0 Å². The van der Waals surface area contributed by atoms with Gasteiger partial charge in [-0.1, -0.05) is 12.1 Å². The number of nitrogens with zero attached hydrogens (tertiary/aromatic N) is 3. The molecule has 1 saturated heterocycles. The summed E-state index contributed by atoms with van der Waals surface area (Å²) in [5, 5.41) is 15.1. The zero-order chi connectivity index (χ0) is 22.7. The second-order valence-electron chi connectivity index (χ2n) is 7.81. The Morgan fingerprint density at radius 3 is 2.59 bits per heavy atom. The number of aryl methyl sites for hydroxylation is 1. The standard InChI is InChI=1S/C22H24N4O6/c1-14-20-17(23-24-19(27)13-15-5-7-16(8-6-15)26(29)30)3-2-4-18(20)32-21(14)22(28)25-9-11-31-12-10-25/h5-8H,2-4,9-13H2,1H3,(H,24,27)/b23-17+. The first-order chi connectivity index (χ1) is 15.4. The first-order valence-electron chi connectivity index (χ1n) is 10.5. The Morgan fingerprint density at radius 2 is 1.91 bits per heavy atom. The maximum Gasteiger partial charge on any atom is 0.290 e.